The minimum atomic E-state index is -1.05. The van der Waals surface area contributed by atoms with Crippen molar-refractivity contribution >= 4 is 51.9 Å². The molecule has 0 bridgehead atoms. The van der Waals surface area contributed by atoms with Crippen LogP contribution in [-0.2, 0) is 11.3 Å². The van der Waals surface area contributed by atoms with Crippen LogP contribution >= 0.6 is 11.8 Å². The van der Waals surface area contributed by atoms with Gasteiger partial charge in [-0.05, 0) is 71.4 Å². The Balaban J connectivity index is 1.45. The van der Waals surface area contributed by atoms with Gasteiger partial charge in [0.2, 0.25) is 5.75 Å². The number of non-ortho nitro benzene ring substituents is 1. The Bertz CT molecular complexity index is 1880. The van der Waals surface area contributed by atoms with Crippen molar-refractivity contribution in [2.45, 2.75) is 6.54 Å². The normalized spacial score (nSPS) is 14.5. The monoisotopic (exact) mass is 626 g/mol. The molecule has 0 aliphatic carbocycles. The predicted octanol–water partition coefficient (Wildman–Crippen LogP) is 6.81. The lowest BCUT2D eigenvalue weighted by Gasteiger charge is -2.16. The lowest BCUT2D eigenvalue weighted by Crippen LogP contribution is -2.28. The van der Waals surface area contributed by atoms with Crippen LogP contribution in [0.4, 0.5) is 17.1 Å². The number of carboxylic acid groups (broad SMARTS) is 1. The SMILES string of the molecule is COc1cc(/C=C2\SC(=Nc3ccccc3)N(Cc3ccc(C(=O)O)cc3)C2=O)ccc1Oc1ccc([N+](=O)[O-])cc1[N+](=O)[O-]. The van der Waals surface area contributed by atoms with E-state index in [1.54, 1.807) is 42.5 Å². The van der Waals surface area contributed by atoms with E-state index < -0.39 is 27.2 Å². The summed E-state index contributed by atoms with van der Waals surface area (Å²) in [6.45, 7) is 0.152. The molecule has 5 rings (SSSR count). The second-order valence-corrected chi connectivity index (χ2v) is 10.4. The zero-order valence-electron chi connectivity index (χ0n) is 23.4. The van der Waals surface area contributed by atoms with Crippen LogP contribution in [-0.4, -0.2) is 44.0 Å². The van der Waals surface area contributed by atoms with E-state index in [4.69, 9.17) is 9.47 Å². The lowest BCUT2D eigenvalue weighted by molar-refractivity contribution is -0.394. The molecule has 0 saturated carbocycles. The Morgan fingerprint density at radius 2 is 1.64 bits per heavy atom. The van der Waals surface area contributed by atoms with E-state index in [9.17, 15) is 34.9 Å². The van der Waals surface area contributed by atoms with E-state index in [1.165, 1.54) is 30.2 Å². The Kier molecular flexibility index (Phi) is 8.86. The van der Waals surface area contributed by atoms with Crippen molar-refractivity contribution in [3.8, 4) is 17.2 Å². The van der Waals surface area contributed by atoms with E-state index >= 15 is 0 Å². The largest absolute Gasteiger partial charge is 0.493 e. The predicted molar refractivity (Wildman–Crippen MR) is 166 cm³/mol. The molecule has 14 heteroatoms. The number of thioether (sulfide) groups is 1. The quantitative estimate of drug-likeness (QED) is 0.112. The maximum atomic E-state index is 13.6. The number of amides is 1. The molecule has 4 aromatic carbocycles. The third kappa shape index (κ3) is 6.97. The Morgan fingerprint density at radius 1 is 0.933 bits per heavy atom. The van der Waals surface area contributed by atoms with Crippen LogP contribution in [0.1, 0.15) is 21.5 Å². The summed E-state index contributed by atoms with van der Waals surface area (Å²) in [6.07, 6.45) is 1.64. The van der Waals surface area contributed by atoms with Crippen LogP contribution in [0.25, 0.3) is 6.08 Å². The maximum absolute atomic E-state index is 13.6. The Labute approximate surface area is 259 Å². The average molecular weight is 627 g/mol. The minimum absolute atomic E-state index is 0.111. The second kappa shape index (κ2) is 13.1. The number of hydrogen-bond acceptors (Lipinski definition) is 10. The number of methoxy groups -OCH3 is 1. The molecule has 0 atom stereocenters. The van der Waals surface area contributed by atoms with Gasteiger partial charge in [0.25, 0.3) is 11.6 Å². The molecule has 1 aliphatic heterocycles. The summed E-state index contributed by atoms with van der Waals surface area (Å²) in [6, 6.07) is 23.1. The van der Waals surface area contributed by atoms with E-state index in [2.05, 4.69) is 4.99 Å². The fraction of sp³-hybridized carbons (Fsp3) is 0.0645. The van der Waals surface area contributed by atoms with Gasteiger partial charge >= 0.3 is 11.7 Å². The summed E-state index contributed by atoms with van der Waals surface area (Å²) in [5.74, 6) is -1.28. The van der Waals surface area contributed by atoms with Crippen LogP contribution < -0.4 is 9.47 Å². The number of para-hydroxylation sites is 1. The number of hydrogen-bond donors (Lipinski definition) is 1. The molecule has 226 valence electrons. The van der Waals surface area contributed by atoms with Gasteiger partial charge in [-0.15, -0.1) is 0 Å². The van der Waals surface area contributed by atoms with Gasteiger partial charge in [0.15, 0.2) is 16.7 Å². The van der Waals surface area contributed by atoms with E-state index in [0.717, 1.165) is 30.0 Å². The number of carboxylic acids is 1. The first kappa shape index (κ1) is 30.4. The molecule has 1 fully saturated rings. The number of nitrogens with zero attached hydrogens (tertiary/aromatic N) is 4. The molecule has 45 heavy (non-hydrogen) atoms. The lowest BCUT2D eigenvalue weighted by atomic mass is 10.1. The van der Waals surface area contributed by atoms with E-state index in [-0.39, 0.29) is 35.3 Å². The number of amidine groups is 1. The summed E-state index contributed by atoms with van der Waals surface area (Å²) in [7, 11) is 1.38. The number of nitro benzene ring substituents is 2. The molecular weight excluding hydrogens is 604 g/mol. The first-order chi connectivity index (χ1) is 21.6. The molecular formula is C31H22N4O9S. The van der Waals surface area contributed by atoms with Crippen molar-refractivity contribution in [3.63, 3.8) is 0 Å². The summed E-state index contributed by atoms with van der Waals surface area (Å²) in [5.41, 5.74) is 0.990. The number of aromatic carboxylic acids is 1. The fourth-order valence-corrected chi connectivity index (χ4v) is 5.25. The molecule has 0 unspecified atom stereocenters. The first-order valence-corrected chi connectivity index (χ1v) is 13.9. The standard InChI is InChI=1S/C31H22N4O9S/c1-43-27-15-20(9-13-26(27)44-25-14-12-23(34(39)40)17-24(25)35(41)42)16-28-29(36)33(18-19-7-10-21(11-8-19)30(37)38)31(45-28)32-22-5-3-2-4-6-22/h2-17H,18H2,1H3,(H,37,38)/b28-16-,32-31?. The summed E-state index contributed by atoms with van der Waals surface area (Å²) in [4.78, 5) is 52.5. The molecule has 1 aliphatic rings. The highest BCUT2D eigenvalue weighted by Crippen LogP contribution is 2.40. The average Bonchev–Trinajstić information content (AvgIpc) is 3.31. The highest BCUT2D eigenvalue weighted by Gasteiger charge is 2.33. The Hall–Kier alpha value is -6.02. The number of aliphatic imine (C=N–C) groups is 1. The van der Waals surface area contributed by atoms with Crippen LogP contribution in [0.3, 0.4) is 0 Å². The summed E-state index contributed by atoms with van der Waals surface area (Å²) >= 11 is 1.16. The van der Waals surface area contributed by atoms with Crippen LogP contribution in [0.2, 0.25) is 0 Å². The number of benzene rings is 4. The van der Waals surface area contributed by atoms with Gasteiger partial charge in [-0.1, -0.05) is 36.4 Å². The molecule has 1 N–H and O–H groups in total. The molecule has 0 radical (unpaired) electrons. The third-order valence-corrected chi connectivity index (χ3v) is 7.47. The molecule has 0 spiro atoms. The molecule has 1 saturated heterocycles. The number of carbonyl (C=O) groups is 2. The summed E-state index contributed by atoms with van der Waals surface area (Å²) < 4.78 is 11.2. The van der Waals surface area contributed by atoms with Crippen LogP contribution in [0, 0.1) is 20.2 Å². The van der Waals surface area contributed by atoms with Crippen LogP contribution in [0.15, 0.2) is 101 Å². The second-order valence-electron chi connectivity index (χ2n) is 9.41. The third-order valence-electron chi connectivity index (χ3n) is 6.47. The number of ether oxygens (including phenoxy) is 2. The summed E-state index contributed by atoms with van der Waals surface area (Å²) in [5, 5.41) is 32.2. The van der Waals surface area contributed by atoms with E-state index in [1.807, 2.05) is 18.2 Å². The van der Waals surface area contributed by atoms with Crippen molar-refractivity contribution in [3.05, 3.63) is 133 Å². The molecule has 13 nitrogen and oxygen atoms in total. The topological polar surface area (TPSA) is 175 Å². The van der Waals surface area contributed by atoms with Crippen molar-refractivity contribution in [1.29, 1.82) is 0 Å². The van der Waals surface area contributed by atoms with Gasteiger partial charge in [-0.3, -0.25) is 29.9 Å². The number of nitro groups is 2. The van der Waals surface area contributed by atoms with Crippen LogP contribution in [0.5, 0.6) is 17.2 Å². The van der Waals surface area contributed by atoms with Gasteiger partial charge in [0, 0.05) is 6.07 Å². The molecule has 4 aromatic rings. The van der Waals surface area contributed by atoms with E-state index in [0.29, 0.717) is 26.9 Å². The number of carbonyl (C=O) groups excluding carboxylic acids is 1. The molecule has 1 heterocycles. The number of rotatable bonds is 10. The first-order valence-electron chi connectivity index (χ1n) is 13.1. The zero-order chi connectivity index (χ0) is 32.1. The van der Waals surface area contributed by atoms with Gasteiger partial charge in [-0.25, -0.2) is 9.79 Å². The van der Waals surface area contributed by atoms with Crippen molar-refractivity contribution in [2.24, 2.45) is 4.99 Å². The smallest absolute Gasteiger partial charge is 0.335 e. The van der Waals surface area contributed by atoms with Gasteiger partial charge in [0.1, 0.15) is 0 Å². The fourth-order valence-electron chi connectivity index (χ4n) is 4.26. The minimum Gasteiger partial charge on any atom is -0.493 e. The molecule has 0 aromatic heterocycles. The maximum Gasteiger partial charge on any atom is 0.335 e. The molecule has 1 amide bonds. The zero-order valence-corrected chi connectivity index (χ0v) is 24.2. The van der Waals surface area contributed by atoms with Gasteiger partial charge in [0.05, 0.1) is 45.7 Å². The Morgan fingerprint density at radius 3 is 2.29 bits per heavy atom. The van der Waals surface area contributed by atoms with Gasteiger partial charge in [-0.2, -0.15) is 0 Å². The highest BCUT2D eigenvalue weighted by molar-refractivity contribution is 8.18. The van der Waals surface area contributed by atoms with Gasteiger partial charge < -0.3 is 14.6 Å². The van der Waals surface area contributed by atoms with Crippen molar-refractivity contribution in [2.75, 3.05) is 7.11 Å². The van der Waals surface area contributed by atoms with Crippen molar-refractivity contribution in [1.82, 2.24) is 4.90 Å². The van der Waals surface area contributed by atoms with Crippen molar-refractivity contribution < 1.29 is 34.0 Å². The highest BCUT2D eigenvalue weighted by atomic mass is 32.2.